The molecular formula is C17H21N3O5. The van der Waals surface area contributed by atoms with Crippen LogP contribution in [-0.4, -0.2) is 47.8 Å². The van der Waals surface area contributed by atoms with Gasteiger partial charge < -0.3 is 10.1 Å². The zero-order chi connectivity index (χ0) is 18.6. The van der Waals surface area contributed by atoms with Gasteiger partial charge in [-0.05, 0) is 32.4 Å². The molecule has 5 amide bonds. The summed E-state index contributed by atoms with van der Waals surface area (Å²) in [6.45, 7) is 5.30. The van der Waals surface area contributed by atoms with E-state index in [2.05, 4.69) is 5.32 Å². The predicted octanol–water partition coefficient (Wildman–Crippen LogP) is 1.30. The number of ether oxygens (including phenoxy) is 1. The first kappa shape index (κ1) is 18.4. The van der Waals surface area contributed by atoms with Crippen LogP contribution in [-0.2, 0) is 14.4 Å². The number of benzene rings is 1. The number of nitrogens with one attached hydrogen (secondary N) is 1. The van der Waals surface area contributed by atoms with Gasteiger partial charge in [0.25, 0.3) is 0 Å². The third-order valence-corrected chi connectivity index (χ3v) is 3.78. The molecule has 1 atom stereocenters. The first-order valence-corrected chi connectivity index (χ1v) is 8.11. The largest absolute Gasteiger partial charge is 0.492 e. The van der Waals surface area contributed by atoms with Crippen molar-refractivity contribution >= 4 is 29.4 Å². The normalized spacial score (nSPS) is 15.6. The number of amides is 5. The second kappa shape index (κ2) is 7.78. The lowest BCUT2D eigenvalue weighted by atomic mass is 10.2. The lowest BCUT2D eigenvalue weighted by molar-refractivity contribution is -0.140. The van der Waals surface area contributed by atoms with Crippen LogP contribution in [0.15, 0.2) is 24.3 Å². The fourth-order valence-corrected chi connectivity index (χ4v) is 2.34. The molecule has 1 heterocycles. The van der Waals surface area contributed by atoms with Crippen LogP contribution < -0.4 is 15.0 Å². The summed E-state index contributed by atoms with van der Waals surface area (Å²) in [6, 6.07) is 5.48. The Morgan fingerprint density at radius 2 is 1.84 bits per heavy atom. The second-order valence-corrected chi connectivity index (χ2v) is 5.59. The van der Waals surface area contributed by atoms with Crippen LogP contribution in [0.25, 0.3) is 0 Å². The highest BCUT2D eigenvalue weighted by atomic mass is 16.5. The van der Waals surface area contributed by atoms with Crippen molar-refractivity contribution in [3.05, 3.63) is 24.3 Å². The number of para-hydroxylation sites is 2. The quantitative estimate of drug-likeness (QED) is 0.592. The fourth-order valence-electron chi connectivity index (χ4n) is 2.34. The predicted molar refractivity (Wildman–Crippen MR) is 90.1 cm³/mol. The summed E-state index contributed by atoms with van der Waals surface area (Å²) in [5.41, 5.74) is 0.178. The maximum atomic E-state index is 12.5. The molecular weight excluding hydrogens is 326 g/mol. The summed E-state index contributed by atoms with van der Waals surface area (Å²) in [5, 5.41) is 2.66. The van der Waals surface area contributed by atoms with E-state index in [1.807, 2.05) is 6.92 Å². The maximum Gasteiger partial charge on any atom is 0.339 e. The van der Waals surface area contributed by atoms with E-state index < -0.39 is 30.3 Å². The van der Waals surface area contributed by atoms with Gasteiger partial charge in [-0.15, -0.1) is 0 Å². The Morgan fingerprint density at radius 1 is 1.16 bits per heavy atom. The second-order valence-electron chi connectivity index (χ2n) is 5.59. The molecule has 1 aliphatic heterocycles. The standard InChI is InChI=1S/C17H21N3O5/c1-4-11(3)18-14(21)10-19-15(22)16(23)20(17(19)24)12-8-6-7-9-13(12)25-5-2/h6-9,11H,4-5,10H2,1-3H3,(H,18,21). The van der Waals surface area contributed by atoms with E-state index in [0.29, 0.717) is 23.7 Å². The van der Waals surface area contributed by atoms with Crippen molar-refractivity contribution in [1.82, 2.24) is 10.2 Å². The van der Waals surface area contributed by atoms with Gasteiger partial charge in [0.15, 0.2) is 0 Å². The Kier molecular flexibility index (Phi) is 5.74. The van der Waals surface area contributed by atoms with Crippen LogP contribution in [0.1, 0.15) is 27.2 Å². The Hall–Kier alpha value is -2.90. The monoisotopic (exact) mass is 347 g/mol. The van der Waals surface area contributed by atoms with E-state index in [9.17, 15) is 19.2 Å². The molecule has 8 nitrogen and oxygen atoms in total. The molecule has 25 heavy (non-hydrogen) atoms. The zero-order valence-electron chi connectivity index (χ0n) is 14.4. The van der Waals surface area contributed by atoms with Crippen molar-refractivity contribution in [2.45, 2.75) is 33.2 Å². The van der Waals surface area contributed by atoms with Gasteiger partial charge in [-0.25, -0.2) is 14.6 Å². The molecule has 1 saturated heterocycles. The highest BCUT2D eigenvalue weighted by Gasteiger charge is 2.47. The SMILES string of the molecule is CCOc1ccccc1N1C(=O)C(=O)N(CC(=O)NC(C)CC)C1=O. The fraction of sp³-hybridized carbons (Fsp3) is 0.412. The number of imide groups is 2. The van der Waals surface area contributed by atoms with Crippen molar-refractivity contribution in [1.29, 1.82) is 0 Å². The molecule has 1 aliphatic rings. The molecule has 1 aromatic carbocycles. The molecule has 0 spiro atoms. The molecule has 1 unspecified atom stereocenters. The molecule has 1 aromatic rings. The van der Waals surface area contributed by atoms with Crippen molar-refractivity contribution in [3.63, 3.8) is 0 Å². The highest BCUT2D eigenvalue weighted by Crippen LogP contribution is 2.31. The van der Waals surface area contributed by atoms with E-state index in [1.165, 1.54) is 6.07 Å². The first-order chi connectivity index (χ1) is 11.9. The molecule has 0 saturated carbocycles. The molecule has 0 aromatic heterocycles. The Labute approximate surface area is 145 Å². The van der Waals surface area contributed by atoms with Gasteiger partial charge in [-0.1, -0.05) is 19.1 Å². The van der Waals surface area contributed by atoms with Gasteiger partial charge in [0.1, 0.15) is 12.3 Å². The van der Waals surface area contributed by atoms with Crippen LogP contribution in [0, 0.1) is 0 Å². The molecule has 1 N–H and O–H groups in total. The number of nitrogens with zero attached hydrogens (tertiary/aromatic N) is 2. The molecule has 8 heteroatoms. The molecule has 2 rings (SSSR count). The van der Waals surface area contributed by atoms with Crippen molar-refractivity contribution in [2.75, 3.05) is 18.1 Å². The molecule has 1 fully saturated rings. The third-order valence-electron chi connectivity index (χ3n) is 3.78. The smallest absolute Gasteiger partial charge is 0.339 e. The van der Waals surface area contributed by atoms with Crippen LogP contribution in [0.3, 0.4) is 0 Å². The number of hydrogen-bond acceptors (Lipinski definition) is 5. The summed E-state index contributed by atoms with van der Waals surface area (Å²) in [5.74, 6) is -2.22. The number of anilines is 1. The van der Waals surface area contributed by atoms with Crippen LogP contribution in [0.2, 0.25) is 0 Å². The van der Waals surface area contributed by atoms with E-state index in [-0.39, 0.29) is 11.7 Å². The summed E-state index contributed by atoms with van der Waals surface area (Å²) < 4.78 is 5.41. The Morgan fingerprint density at radius 3 is 2.48 bits per heavy atom. The minimum Gasteiger partial charge on any atom is -0.492 e. The topological polar surface area (TPSA) is 96.0 Å². The van der Waals surface area contributed by atoms with Crippen LogP contribution in [0.4, 0.5) is 10.5 Å². The lowest BCUT2D eigenvalue weighted by Gasteiger charge is -2.18. The minimum absolute atomic E-state index is 0.0919. The third kappa shape index (κ3) is 3.78. The van der Waals surface area contributed by atoms with Crippen molar-refractivity contribution in [3.8, 4) is 5.75 Å². The van der Waals surface area contributed by atoms with Gasteiger partial charge in [0.05, 0.1) is 12.3 Å². The number of rotatable bonds is 7. The van der Waals surface area contributed by atoms with Gasteiger partial charge in [0, 0.05) is 6.04 Å². The van der Waals surface area contributed by atoms with Crippen LogP contribution >= 0.6 is 0 Å². The molecule has 0 radical (unpaired) electrons. The van der Waals surface area contributed by atoms with Gasteiger partial charge in [-0.3, -0.25) is 14.4 Å². The number of carbonyl (C=O) groups is 4. The molecule has 134 valence electrons. The van der Waals surface area contributed by atoms with Crippen molar-refractivity contribution < 1.29 is 23.9 Å². The van der Waals surface area contributed by atoms with Gasteiger partial charge in [0.2, 0.25) is 5.91 Å². The lowest BCUT2D eigenvalue weighted by Crippen LogP contribution is -2.43. The van der Waals surface area contributed by atoms with E-state index in [4.69, 9.17) is 4.74 Å². The Bertz CT molecular complexity index is 703. The summed E-state index contributed by atoms with van der Waals surface area (Å²) in [6.07, 6.45) is 0.709. The molecule has 0 aliphatic carbocycles. The Balaban J connectivity index is 2.24. The minimum atomic E-state index is -1.03. The van der Waals surface area contributed by atoms with E-state index >= 15 is 0 Å². The van der Waals surface area contributed by atoms with Gasteiger partial charge in [-0.2, -0.15) is 0 Å². The van der Waals surface area contributed by atoms with E-state index in [1.54, 1.807) is 32.0 Å². The number of urea groups is 1. The maximum absolute atomic E-state index is 12.5. The average Bonchev–Trinajstić information content (AvgIpc) is 2.79. The summed E-state index contributed by atoms with van der Waals surface area (Å²) >= 11 is 0. The molecule has 0 bridgehead atoms. The number of hydrogen-bond donors (Lipinski definition) is 1. The average molecular weight is 347 g/mol. The van der Waals surface area contributed by atoms with Gasteiger partial charge >= 0.3 is 17.8 Å². The van der Waals surface area contributed by atoms with Crippen molar-refractivity contribution in [2.24, 2.45) is 0 Å². The highest BCUT2D eigenvalue weighted by molar-refractivity contribution is 6.53. The summed E-state index contributed by atoms with van der Waals surface area (Å²) in [7, 11) is 0. The summed E-state index contributed by atoms with van der Waals surface area (Å²) in [4.78, 5) is 50.3. The van der Waals surface area contributed by atoms with E-state index in [0.717, 1.165) is 4.90 Å². The first-order valence-electron chi connectivity index (χ1n) is 8.11. The van der Waals surface area contributed by atoms with Crippen LogP contribution in [0.5, 0.6) is 5.75 Å². The zero-order valence-corrected chi connectivity index (χ0v) is 14.4. The number of carbonyl (C=O) groups excluding carboxylic acids is 4.